The van der Waals surface area contributed by atoms with Crippen LogP contribution < -0.4 is 5.32 Å². The van der Waals surface area contributed by atoms with E-state index in [4.69, 9.17) is 4.74 Å². The lowest BCUT2D eigenvalue weighted by molar-refractivity contribution is 0.0536. The van der Waals surface area contributed by atoms with E-state index < -0.39 is 0 Å². The minimum atomic E-state index is 0.704. The molecule has 0 spiro atoms. The highest BCUT2D eigenvalue weighted by molar-refractivity contribution is 4.78. The number of hydrogen-bond acceptors (Lipinski definition) is 3. The van der Waals surface area contributed by atoms with E-state index in [2.05, 4.69) is 24.1 Å². The van der Waals surface area contributed by atoms with Crippen LogP contribution in [0.1, 0.15) is 46.0 Å². The van der Waals surface area contributed by atoms with Crippen molar-refractivity contribution in [3.63, 3.8) is 0 Å². The average Bonchev–Trinajstić information content (AvgIpc) is 2.63. The van der Waals surface area contributed by atoms with Crippen LogP contribution >= 0.6 is 0 Å². The number of ether oxygens (including phenoxy) is 1. The number of nitrogens with one attached hydrogen (secondary N) is 1. The van der Waals surface area contributed by atoms with Gasteiger partial charge in [-0.25, -0.2) is 0 Å². The van der Waals surface area contributed by atoms with E-state index in [0.29, 0.717) is 6.04 Å². The molecule has 0 aliphatic carbocycles. The van der Waals surface area contributed by atoms with Gasteiger partial charge >= 0.3 is 0 Å². The van der Waals surface area contributed by atoms with Crippen LogP contribution in [0, 0.1) is 5.92 Å². The molecule has 2 heterocycles. The van der Waals surface area contributed by atoms with Crippen LogP contribution in [0.5, 0.6) is 0 Å². The maximum absolute atomic E-state index is 5.55. The van der Waals surface area contributed by atoms with Gasteiger partial charge in [0.2, 0.25) is 0 Å². The zero-order valence-electron chi connectivity index (χ0n) is 12.2. The Morgan fingerprint density at radius 2 is 2.06 bits per heavy atom. The molecule has 106 valence electrons. The summed E-state index contributed by atoms with van der Waals surface area (Å²) in [5, 5.41) is 3.78. The molecule has 3 nitrogen and oxygen atoms in total. The van der Waals surface area contributed by atoms with Crippen molar-refractivity contribution < 1.29 is 4.74 Å². The summed E-state index contributed by atoms with van der Waals surface area (Å²) < 4.78 is 5.55. The molecule has 2 atom stereocenters. The summed E-state index contributed by atoms with van der Waals surface area (Å²) in [6, 6.07) is 1.44. The lowest BCUT2D eigenvalue weighted by Crippen LogP contribution is -2.37. The Balaban J connectivity index is 1.66. The summed E-state index contributed by atoms with van der Waals surface area (Å²) in [4.78, 5) is 2.62. The molecule has 1 N–H and O–H groups in total. The van der Waals surface area contributed by atoms with Gasteiger partial charge < -0.3 is 15.0 Å². The zero-order chi connectivity index (χ0) is 12.8. The first-order chi connectivity index (χ1) is 8.75. The smallest absolute Gasteiger partial charge is 0.0506 e. The highest BCUT2D eigenvalue weighted by Gasteiger charge is 2.20. The Labute approximate surface area is 112 Å². The summed E-state index contributed by atoms with van der Waals surface area (Å²) >= 11 is 0. The van der Waals surface area contributed by atoms with Crippen LogP contribution in [0.2, 0.25) is 0 Å². The fraction of sp³-hybridized carbons (Fsp3) is 1.00. The second-order valence-corrected chi connectivity index (χ2v) is 6.25. The second kappa shape index (κ2) is 7.46. The SMILES string of the molecule is CC(C)N1CCCC(NCC2CCCOC2)CC1. The van der Waals surface area contributed by atoms with Gasteiger partial charge in [0.15, 0.2) is 0 Å². The third-order valence-electron chi connectivity index (χ3n) is 4.44. The zero-order valence-corrected chi connectivity index (χ0v) is 12.2. The lowest BCUT2D eigenvalue weighted by Gasteiger charge is -2.26. The first-order valence-corrected chi connectivity index (χ1v) is 7.81. The maximum atomic E-state index is 5.55. The van der Waals surface area contributed by atoms with Crippen molar-refractivity contribution in [3.05, 3.63) is 0 Å². The van der Waals surface area contributed by atoms with Crippen molar-refractivity contribution >= 4 is 0 Å². The van der Waals surface area contributed by atoms with Gasteiger partial charge in [-0.1, -0.05) is 0 Å². The summed E-state index contributed by atoms with van der Waals surface area (Å²) in [5.41, 5.74) is 0. The standard InChI is InChI=1S/C15H30N2O/c1-13(2)17-8-3-6-15(7-9-17)16-11-14-5-4-10-18-12-14/h13-16H,3-12H2,1-2H3. The first kappa shape index (κ1) is 14.3. The molecule has 0 aromatic heterocycles. The molecule has 0 aromatic carbocycles. The van der Waals surface area contributed by atoms with E-state index in [1.54, 1.807) is 0 Å². The summed E-state index contributed by atoms with van der Waals surface area (Å²) in [6.45, 7) is 10.3. The van der Waals surface area contributed by atoms with Crippen LogP contribution in [0.25, 0.3) is 0 Å². The highest BCUT2D eigenvalue weighted by atomic mass is 16.5. The van der Waals surface area contributed by atoms with Gasteiger partial charge in [0, 0.05) is 25.2 Å². The van der Waals surface area contributed by atoms with E-state index in [-0.39, 0.29) is 0 Å². The topological polar surface area (TPSA) is 24.5 Å². The Kier molecular flexibility index (Phi) is 5.93. The van der Waals surface area contributed by atoms with Crippen molar-refractivity contribution in [1.29, 1.82) is 0 Å². The molecule has 2 rings (SSSR count). The second-order valence-electron chi connectivity index (χ2n) is 6.25. The predicted molar refractivity (Wildman–Crippen MR) is 75.9 cm³/mol. The third kappa shape index (κ3) is 4.52. The van der Waals surface area contributed by atoms with Crippen LogP contribution in [0.4, 0.5) is 0 Å². The molecule has 0 amide bonds. The molecule has 0 radical (unpaired) electrons. The van der Waals surface area contributed by atoms with Crippen molar-refractivity contribution in [1.82, 2.24) is 10.2 Å². The number of nitrogens with zero attached hydrogens (tertiary/aromatic N) is 1. The van der Waals surface area contributed by atoms with Crippen molar-refractivity contribution in [2.45, 2.75) is 58.0 Å². The molecular formula is C15H30N2O. The molecule has 18 heavy (non-hydrogen) atoms. The molecule has 2 aliphatic rings. The summed E-state index contributed by atoms with van der Waals surface area (Å²) in [6.07, 6.45) is 6.59. The van der Waals surface area contributed by atoms with Crippen molar-refractivity contribution in [2.75, 3.05) is 32.8 Å². The van der Waals surface area contributed by atoms with Gasteiger partial charge in [0.1, 0.15) is 0 Å². The quantitative estimate of drug-likeness (QED) is 0.833. The Hall–Kier alpha value is -0.120. The minimum absolute atomic E-state index is 0.704. The summed E-state index contributed by atoms with van der Waals surface area (Å²) in [5.74, 6) is 0.753. The van der Waals surface area contributed by atoms with Crippen molar-refractivity contribution in [3.8, 4) is 0 Å². The Morgan fingerprint density at radius 1 is 1.17 bits per heavy atom. The molecule has 2 aliphatic heterocycles. The molecule has 2 saturated heterocycles. The molecule has 0 bridgehead atoms. The minimum Gasteiger partial charge on any atom is -0.381 e. The Morgan fingerprint density at radius 3 is 2.78 bits per heavy atom. The lowest BCUT2D eigenvalue weighted by atomic mass is 10.0. The van der Waals surface area contributed by atoms with Crippen LogP contribution in [-0.2, 0) is 4.74 Å². The fourth-order valence-electron chi connectivity index (χ4n) is 3.14. The van der Waals surface area contributed by atoms with Gasteiger partial charge in [-0.15, -0.1) is 0 Å². The Bertz CT molecular complexity index is 227. The molecular weight excluding hydrogens is 224 g/mol. The van der Waals surface area contributed by atoms with E-state index >= 15 is 0 Å². The van der Waals surface area contributed by atoms with Crippen LogP contribution in [-0.4, -0.2) is 49.8 Å². The van der Waals surface area contributed by atoms with E-state index in [1.807, 2.05) is 0 Å². The number of likely N-dealkylation sites (tertiary alicyclic amines) is 1. The molecule has 2 unspecified atom stereocenters. The van der Waals surface area contributed by atoms with Crippen LogP contribution in [0.3, 0.4) is 0 Å². The van der Waals surface area contributed by atoms with E-state index in [0.717, 1.165) is 31.7 Å². The average molecular weight is 254 g/mol. The van der Waals surface area contributed by atoms with Crippen molar-refractivity contribution in [2.24, 2.45) is 5.92 Å². The number of hydrogen-bond donors (Lipinski definition) is 1. The molecule has 3 heteroatoms. The van der Waals surface area contributed by atoms with Crippen LogP contribution in [0.15, 0.2) is 0 Å². The largest absolute Gasteiger partial charge is 0.381 e. The van der Waals surface area contributed by atoms with Gasteiger partial charge in [0.25, 0.3) is 0 Å². The van der Waals surface area contributed by atoms with Gasteiger partial charge in [-0.05, 0) is 65.0 Å². The predicted octanol–water partition coefficient (Wildman–Crippen LogP) is 2.27. The van der Waals surface area contributed by atoms with Gasteiger partial charge in [0.05, 0.1) is 6.61 Å². The molecule has 0 saturated carbocycles. The fourth-order valence-corrected chi connectivity index (χ4v) is 3.14. The highest BCUT2D eigenvalue weighted by Crippen LogP contribution is 2.16. The molecule has 2 fully saturated rings. The maximum Gasteiger partial charge on any atom is 0.0506 e. The number of rotatable bonds is 4. The normalized spacial score (nSPS) is 31.5. The monoisotopic (exact) mass is 254 g/mol. The molecule has 0 aromatic rings. The van der Waals surface area contributed by atoms with Gasteiger partial charge in [-0.2, -0.15) is 0 Å². The van der Waals surface area contributed by atoms with E-state index in [9.17, 15) is 0 Å². The van der Waals surface area contributed by atoms with Gasteiger partial charge in [-0.3, -0.25) is 0 Å². The summed E-state index contributed by atoms with van der Waals surface area (Å²) in [7, 11) is 0. The first-order valence-electron chi connectivity index (χ1n) is 7.81. The third-order valence-corrected chi connectivity index (χ3v) is 4.44. The van der Waals surface area contributed by atoms with E-state index in [1.165, 1.54) is 45.2 Å².